The lowest BCUT2D eigenvalue weighted by Crippen LogP contribution is -2.44. The molecule has 1 aliphatic heterocycles. The number of benzene rings is 1. The van der Waals surface area contributed by atoms with Crippen LogP contribution in [0.2, 0.25) is 0 Å². The van der Waals surface area contributed by atoms with Gasteiger partial charge in [-0.3, -0.25) is 4.90 Å². The maximum Gasteiger partial charge on any atom is 0.416 e. The van der Waals surface area contributed by atoms with Crippen molar-refractivity contribution in [2.24, 2.45) is 0 Å². The van der Waals surface area contributed by atoms with E-state index in [4.69, 9.17) is 0 Å². The highest BCUT2D eigenvalue weighted by atomic mass is 35.5. The van der Waals surface area contributed by atoms with Crippen molar-refractivity contribution in [1.82, 2.24) is 10.2 Å². The predicted molar refractivity (Wildman–Crippen MR) is 73.0 cm³/mol. The van der Waals surface area contributed by atoms with E-state index in [0.717, 1.165) is 38.3 Å². The molecular weight excluding hydrogens is 293 g/mol. The van der Waals surface area contributed by atoms with Gasteiger partial charge in [-0.25, -0.2) is 0 Å². The standard InChI is InChI=1S/C13H17F3N2O.ClH/c14-13(15,16)11-3-1-2-10(8-11)12(19)9-18-6-4-17-5-7-18;/h1-3,8,12,17,19H,4-7,9H2;1H. The van der Waals surface area contributed by atoms with Crippen LogP contribution in [0.15, 0.2) is 24.3 Å². The topological polar surface area (TPSA) is 35.5 Å². The zero-order valence-electron chi connectivity index (χ0n) is 10.9. The third kappa shape index (κ3) is 4.63. The molecule has 1 atom stereocenters. The molecule has 1 fully saturated rings. The van der Waals surface area contributed by atoms with E-state index in [-0.39, 0.29) is 12.4 Å². The third-order valence-electron chi connectivity index (χ3n) is 3.24. The van der Waals surface area contributed by atoms with Gasteiger partial charge in [0.15, 0.2) is 0 Å². The summed E-state index contributed by atoms with van der Waals surface area (Å²) in [7, 11) is 0. The molecule has 114 valence electrons. The van der Waals surface area contributed by atoms with Gasteiger partial charge >= 0.3 is 6.18 Å². The summed E-state index contributed by atoms with van der Waals surface area (Å²) in [5, 5.41) is 13.2. The van der Waals surface area contributed by atoms with Crippen LogP contribution in [0.1, 0.15) is 17.2 Å². The third-order valence-corrected chi connectivity index (χ3v) is 3.24. The highest BCUT2D eigenvalue weighted by Gasteiger charge is 2.31. The fourth-order valence-corrected chi connectivity index (χ4v) is 2.17. The first-order chi connectivity index (χ1) is 8.97. The first kappa shape index (κ1) is 17.2. The number of nitrogens with zero attached hydrogens (tertiary/aromatic N) is 1. The molecule has 0 saturated carbocycles. The van der Waals surface area contributed by atoms with Crippen LogP contribution in [0.4, 0.5) is 13.2 Å². The van der Waals surface area contributed by atoms with Gasteiger partial charge in [0, 0.05) is 32.7 Å². The number of piperazine rings is 1. The fraction of sp³-hybridized carbons (Fsp3) is 0.538. The highest BCUT2D eigenvalue weighted by molar-refractivity contribution is 5.85. The molecule has 0 amide bonds. The maximum atomic E-state index is 12.6. The quantitative estimate of drug-likeness (QED) is 0.897. The monoisotopic (exact) mass is 310 g/mol. The van der Waals surface area contributed by atoms with Crippen LogP contribution < -0.4 is 5.32 Å². The Morgan fingerprint density at radius 1 is 1.25 bits per heavy atom. The smallest absolute Gasteiger partial charge is 0.387 e. The minimum atomic E-state index is -4.37. The lowest BCUT2D eigenvalue weighted by atomic mass is 10.1. The van der Waals surface area contributed by atoms with Gasteiger partial charge < -0.3 is 10.4 Å². The molecule has 3 nitrogen and oxygen atoms in total. The van der Waals surface area contributed by atoms with Gasteiger partial charge in [-0.1, -0.05) is 12.1 Å². The van der Waals surface area contributed by atoms with E-state index >= 15 is 0 Å². The lowest BCUT2D eigenvalue weighted by molar-refractivity contribution is -0.137. The summed E-state index contributed by atoms with van der Waals surface area (Å²) < 4.78 is 37.8. The summed E-state index contributed by atoms with van der Waals surface area (Å²) in [5.74, 6) is 0. The molecule has 7 heteroatoms. The van der Waals surface area contributed by atoms with Gasteiger partial charge in [0.25, 0.3) is 0 Å². The summed E-state index contributed by atoms with van der Waals surface area (Å²) in [6, 6.07) is 4.90. The minimum Gasteiger partial charge on any atom is -0.387 e. The molecule has 1 aromatic rings. The fourth-order valence-electron chi connectivity index (χ4n) is 2.17. The Hall–Kier alpha value is -0.820. The number of hydrogen-bond acceptors (Lipinski definition) is 3. The van der Waals surface area contributed by atoms with Gasteiger partial charge in [0.05, 0.1) is 11.7 Å². The average molecular weight is 311 g/mol. The van der Waals surface area contributed by atoms with Crippen LogP contribution in [-0.2, 0) is 6.18 Å². The Labute approximate surface area is 122 Å². The number of hydrogen-bond donors (Lipinski definition) is 2. The summed E-state index contributed by atoms with van der Waals surface area (Å²) in [6.07, 6.45) is -5.26. The second kappa shape index (κ2) is 7.26. The Morgan fingerprint density at radius 2 is 1.90 bits per heavy atom. The molecule has 0 aromatic heterocycles. The predicted octanol–water partition coefficient (Wildman–Crippen LogP) is 2.07. The zero-order valence-corrected chi connectivity index (χ0v) is 11.7. The molecule has 2 rings (SSSR count). The van der Waals surface area contributed by atoms with Gasteiger partial charge in [0.2, 0.25) is 0 Å². The van der Waals surface area contributed by atoms with Crippen molar-refractivity contribution in [3.8, 4) is 0 Å². The van der Waals surface area contributed by atoms with E-state index in [0.29, 0.717) is 12.1 Å². The van der Waals surface area contributed by atoms with E-state index in [1.165, 1.54) is 12.1 Å². The van der Waals surface area contributed by atoms with Crippen molar-refractivity contribution < 1.29 is 18.3 Å². The molecule has 1 heterocycles. The molecule has 1 aliphatic rings. The largest absolute Gasteiger partial charge is 0.416 e. The molecule has 1 unspecified atom stereocenters. The summed E-state index contributed by atoms with van der Waals surface area (Å²) in [6.45, 7) is 3.65. The molecule has 0 radical (unpaired) electrons. The Kier molecular flexibility index (Phi) is 6.26. The van der Waals surface area contributed by atoms with Crippen LogP contribution >= 0.6 is 12.4 Å². The summed E-state index contributed by atoms with van der Waals surface area (Å²) >= 11 is 0. The highest BCUT2D eigenvalue weighted by Crippen LogP contribution is 2.30. The average Bonchev–Trinajstić information content (AvgIpc) is 2.39. The first-order valence-corrected chi connectivity index (χ1v) is 6.25. The van der Waals surface area contributed by atoms with Gasteiger partial charge in [-0.05, 0) is 17.7 Å². The lowest BCUT2D eigenvalue weighted by Gasteiger charge is -2.29. The van der Waals surface area contributed by atoms with Crippen molar-refractivity contribution in [3.05, 3.63) is 35.4 Å². The van der Waals surface area contributed by atoms with Crippen LogP contribution in [0, 0.1) is 0 Å². The van der Waals surface area contributed by atoms with E-state index in [1.807, 2.05) is 4.90 Å². The van der Waals surface area contributed by atoms with Crippen molar-refractivity contribution in [3.63, 3.8) is 0 Å². The van der Waals surface area contributed by atoms with Gasteiger partial charge in [-0.2, -0.15) is 13.2 Å². The normalized spacial score (nSPS) is 18.4. The number of nitrogens with one attached hydrogen (secondary N) is 1. The first-order valence-electron chi connectivity index (χ1n) is 6.25. The van der Waals surface area contributed by atoms with E-state index in [1.54, 1.807) is 0 Å². The van der Waals surface area contributed by atoms with E-state index in [2.05, 4.69) is 5.32 Å². The van der Waals surface area contributed by atoms with Crippen LogP contribution in [0.25, 0.3) is 0 Å². The Morgan fingerprint density at radius 3 is 2.50 bits per heavy atom. The van der Waals surface area contributed by atoms with Gasteiger partial charge in [0.1, 0.15) is 0 Å². The van der Waals surface area contributed by atoms with Crippen molar-refractivity contribution in [2.45, 2.75) is 12.3 Å². The SMILES string of the molecule is Cl.OC(CN1CCNCC1)c1cccc(C(F)(F)F)c1. The molecule has 0 aliphatic carbocycles. The number of aliphatic hydroxyl groups excluding tert-OH is 1. The molecular formula is C13H18ClF3N2O. The van der Waals surface area contributed by atoms with E-state index in [9.17, 15) is 18.3 Å². The Bertz CT molecular complexity index is 422. The van der Waals surface area contributed by atoms with Gasteiger partial charge in [-0.15, -0.1) is 12.4 Å². The molecule has 0 bridgehead atoms. The number of alkyl halides is 3. The number of rotatable bonds is 3. The van der Waals surface area contributed by atoms with Crippen molar-refractivity contribution in [1.29, 1.82) is 0 Å². The number of β-amino-alcohol motifs (C(OH)–C–C–N with tert-alkyl or cyclic N) is 1. The van der Waals surface area contributed by atoms with Crippen molar-refractivity contribution >= 4 is 12.4 Å². The second-order valence-electron chi connectivity index (χ2n) is 4.69. The summed E-state index contributed by atoms with van der Waals surface area (Å²) in [5.41, 5.74) is -0.405. The molecule has 2 N–H and O–H groups in total. The molecule has 20 heavy (non-hydrogen) atoms. The maximum absolute atomic E-state index is 12.6. The molecule has 1 aromatic carbocycles. The summed E-state index contributed by atoms with van der Waals surface area (Å²) in [4.78, 5) is 2.04. The van der Waals surface area contributed by atoms with Crippen molar-refractivity contribution in [2.75, 3.05) is 32.7 Å². The van der Waals surface area contributed by atoms with Crippen LogP contribution in [0.3, 0.4) is 0 Å². The van der Waals surface area contributed by atoms with Crippen LogP contribution in [0.5, 0.6) is 0 Å². The van der Waals surface area contributed by atoms with E-state index < -0.39 is 17.8 Å². The number of aliphatic hydroxyl groups is 1. The number of halogens is 4. The van der Waals surface area contributed by atoms with Crippen LogP contribution in [-0.4, -0.2) is 42.7 Å². The molecule has 0 spiro atoms. The molecule has 1 saturated heterocycles. The Balaban J connectivity index is 0.00000200. The second-order valence-corrected chi connectivity index (χ2v) is 4.69. The minimum absolute atomic E-state index is 0. The zero-order chi connectivity index (χ0) is 13.9.